The van der Waals surface area contributed by atoms with Crippen LogP contribution in [0.4, 0.5) is 0 Å². The standard InChI is InChI=1S/C17H30O12/c1-8(19)26-7-17(15(23)9(4-18)10(28-17)5-24-2)29-16-14(22)13(21)12(20)11(27-16)6-25-3/h9-16,18,20-23H,4-7H2,1-3H3/t9?,10?,11?,12-,13?,14?,15?,16-,17?/m1/s1. The van der Waals surface area contributed by atoms with Gasteiger partial charge in [0.05, 0.1) is 25.9 Å². The maximum Gasteiger partial charge on any atom is 0.302 e. The maximum absolute atomic E-state index is 11.3. The van der Waals surface area contributed by atoms with Gasteiger partial charge in [-0.2, -0.15) is 0 Å². The van der Waals surface area contributed by atoms with Crippen LogP contribution in [0.1, 0.15) is 6.92 Å². The summed E-state index contributed by atoms with van der Waals surface area (Å²) in [7, 11) is 2.76. The smallest absolute Gasteiger partial charge is 0.302 e. The lowest BCUT2D eigenvalue weighted by Gasteiger charge is -2.43. The molecular formula is C17H30O12. The molecule has 0 radical (unpaired) electrons. The lowest BCUT2D eigenvalue weighted by molar-refractivity contribution is -0.384. The molecule has 0 aromatic rings. The van der Waals surface area contributed by atoms with Gasteiger partial charge in [-0.1, -0.05) is 0 Å². The van der Waals surface area contributed by atoms with Gasteiger partial charge in [0.1, 0.15) is 37.1 Å². The molecule has 2 rings (SSSR count). The zero-order valence-electron chi connectivity index (χ0n) is 16.5. The summed E-state index contributed by atoms with van der Waals surface area (Å²) in [6.07, 6.45) is -9.72. The fourth-order valence-electron chi connectivity index (χ4n) is 3.45. The van der Waals surface area contributed by atoms with Crippen LogP contribution in [-0.2, 0) is 33.2 Å². The van der Waals surface area contributed by atoms with Crippen molar-refractivity contribution in [3.8, 4) is 0 Å². The van der Waals surface area contributed by atoms with E-state index in [1.165, 1.54) is 14.2 Å². The molecule has 0 saturated carbocycles. The number of aliphatic hydroxyl groups excluding tert-OH is 5. The van der Waals surface area contributed by atoms with Crippen molar-refractivity contribution in [1.82, 2.24) is 0 Å². The van der Waals surface area contributed by atoms with Crippen LogP contribution in [0, 0.1) is 5.92 Å². The molecule has 29 heavy (non-hydrogen) atoms. The van der Waals surface area contributed by atoms with Crippen molar-refractivity contribution in [3.63, 3.8) is 0 Å². The average molecular weight is 426 g/mol. The molecule has 0 aromatic heterocycles. The summed E-state index contributed by atoms with van der Waals surface area (Å²) in [6.45, 7) is -0.0414. The minimum atomic E-state index is -2.02. The van der Waals surface area contributed by atoms with Gasteiger partial charge in [0, 0.05) is 27.1 Å². The van der Waals surface area contributed by atoms with Crippen LogP contribution in [0.25, 0.3) is 0 Å². The van der Waals surface area contributed by atoms with Gasteiger partial charge in [0.2, 0.25) is 5.79 Å². The molecule has 0 aromatic carbocycles. The van der Waals surface area contributed by atoms with Crippen LogP contribution in [0.5, 0.6) is 0 Å². The van der Waals surface area contributed by atoms with Crippen molar-refractivity contribution in [2.75, 3.05) is 40.6 Å². The van der Waals surface area contributed by atoms with Crippen molar-refractivity contribution in [2.24, 2.45) is 5.92 Å². The molecule has 170 valence electrons. The van der Waals surface area contributed by atoms with Gasteiger partial charge in [-0.15, -0.1) is 0 Å². The van der Waals surface area contributed by atoms with E-state index in [9.17, 15) is 30.3 Å². The molecule has 0 spiro atoms. The summed E-state index contributed by atoms with van der Waals surface area (Å²) in [5.41, 5.74) is 0. The minimum Gasteiger partial charge on any atom is -0.460 e. The fraction of sp³-hybridized carbons (Fsp3) is 0.941. The maximum atomic E-state index is 11.3. The van der Waals surface area contributed by atoms with E-state index < -0.39 is 73.8 Å². The van der Waals surface area contributed by atoms with E-state index in [2.05, 4.69) is 0 Å². The molecule has 0 aliphatic carbocycles. The molecular weight excluding hydrogens is 396 g/mol. The first-order valence-electron chi connectivity index (χ1n) is 9.16. The summed E-state index contributed by atoms with van der Waals surface area (Å²) >= 11 is 0. The number of rotatable bonds is 9. The molecule has 2 aliphatic rings. The number of hydrogen-bond acceptors (Lipinski definition) is 12. The number of carbonyl (C=O) groups is 1. The largest absolute Gasteiger partial charge is 0.460 e. The van der Waals surface area contributed by atoms with E-state index in [1.54, 1.807) is 0 Å². The van der Waals surface area contributed by atoms with Crippen LogP contribution in [0.15, 0.2) is 0 Å². The van der Waals surface area contributed by atoms with Crippen LogP contribution in [-0.4, -0.2) is 121 Å². The average Bonchev–Trinajstić information content (AvgIpc) is 2.94. The van der Waals surface area contributed by atoms with Gasteiger partial charge in [0.25, 0.3) is 0 Å². The van der Waals surface area contributed by atoms with E-state index in [4.69, 9.17) is 28.4 Å². The highest BCUT2D eigenvalue weighted by molar-refractivity contribution is 5.65. The first kappa shape index (κ1) is 24.3. The van der Waals surface area contributed by atoms with E-state index in [-0.39, 0.29) is 13.2 Å². The van der Waals surface area contributed by atoms with Gasteiger partial charge in [-0.25, -0.2) is 0 Å². The normalized spacial score (nSPS) is 42.8. The van der Waals surface area contributed by atoms with E-state index >= 15 is 0 Å². The molecule has 2 heterocycles. The van der Waals surface area contributed by atoms with Gasteiger partial charge >= 0.3 is 5.97 Å². The van der Waals surface area contributed by atoms with Crippen molar-refractivity contribution in [2.45, 2.75) is 55.6 Å². The Labute approximate surface area is 167 Å². The number of aliphatic hydroxyl groups is 5. The Morgan fingerprint density at radius 3 is 2.17 bits per heavy atom. The van der Waals surface area contributed by atoms with Gasteiger partial charge in [-0.05, 0) is 0 Å². The third kappa shape index (κ3) is 5.22. The Kier molecular flexibility index (Phi) is 8.72. The quantitative estimate of drug-likeness (QED) is 0.233. The number of carbonyl (C=O) groups excluding carboxylic acids is 1. The van der Waals surface area contributed by atoms with Crippen LogP contribution in [0.2, 0.25) is 0 Å². The highest BCUT2D eigenvalue weighted by Crippen LogP contribution is 2.39. The van der Waals surface area contributed by atoms with Crippen LogP contribution in [0.3, 0.4) is 0 Å². The van der Waals surface area contributed by atoms with Crippen molar-refractivity contribution < 1.29 is 58.7 Å². The van der Waals surface area contributed by atoms with E-state index in [0.29, 0.717) is 0 Å². The van der Waals surface area contributed by atoms with Crippen LogP contribution < -0.4 is 0 Å². The molecule has 12 heteroatoms. The molecule has 2 aliphatic heterocycles. The third-order valence-electron chi connectivity index (χ3n) is 5.02. The summed E-state index contributed by atoms with van der Waals surface area (Å²) < 4.78 is 31.9. The molecule has 7 unspecified atom stereocenters. The Hall–Kier alpha value is -0.930. The number of ether oxygens (including phenoxy) is 6. The molecule has 0 amide bonds. The predicted octanol–water partition coefficient (Wildman–Crippen LogP) is -3.27. The Balaban J connectivity index is 2.29. The molecule has 2 saturated heterocycles. The van der Waals surface area contributed by atoms with Gasteiger partial charge in [0.15, 0.2) is 6.29 Å². The number of esters is 1. The first-order chi connectivity index (χ1) is 13.7. The van der Waals surface area contributed by atoms with E-state index in [1.807, 2.05) is 0 Å². The second kappa shape index (κ2) is 10.4. The third-order valence-corrected chi connectivity index (χ3v) is 5.02. The summed E-state index contributed by atoms with van der Waals surface area (Å²) in [4.78, 5) is 11.3. The zero-order valence-corrected chi connectivity index (χ0v) is 16.5. The van der Waals surface area contributed by atoms with Gasteiger partial charge < -0.3 is 54.0 Å². The predicted molar refractivity (Wildman–Crippen MR) is 92.3 cm³/mol. The second-order valence-electron chi connectivity index (χ2n) is 7.08. The fourth-order valence-corrected chi connectivity index (χ4v) is 3.45. The van der Waals surface area contributed by atoms with Crippen LogP contribution >= 0.6 is 0 Å². The topological polar surface area (TPSA) is 174 Å². The summed E-state index contributed by atoms with van der Waals surface area (Å²) in [5.74, 6) is -3.55. The molecule has 12 nitrogen and oxygen atoms in total. The highest BCUT2D eigenvalue weighted by Gasteiger charge is 2.59. The van der Waals surface area contributed by atoms with Crippen molar-refractivity contribution in [3.05, 3.63) is 0 Å². The minimum absolute atomic E-state index is 0.00478. The zero-order chi connectivity index (χ0) is 21.8. The SMILES string of the molecule is COCC1OC(COC(C)=O)(O[C@H]2OC(COC)[C@@H](O)C(O)C2O)C(O)C1CO. The Morgan fingerprint density at radius 1 is 1.00 bits per heavy atom. The number of methoxy groups -OCH3 is 2. The van der Waals surface area contributed by atoms with Crippen molar-refractivity contribution >= 4 is 5.97 Å². The molecule has 0 bridgehead atoms. The second-order valence-corrected chi connectivity index (χ2v) is 7.08. The number of hydrogen-bond donors (Lipinski definition) is 5. The Bertz CT molecular complexity index is 533. The summed E-state index contributed by atoms with van der Waals surface area (Å²) in [5, 5.41) is 50.9. The lowest BCUT2D eigenvalue weighted by atomic mass is 9.95. The highest BCUT2D eigenvalue weighted by atomic mass is 16.8. The van der Waals surface area contributed by atoms with E-state index in [0.717, 1.165) is 6.92 Å². The van der Waals surface area contributed by atoms with Gasteiger partial charge in [-0.3, -0.25) is 4.79 Å². The first-order valence-corrected chi connectivity index (χ1v) is 9.16. The Morgan fingerprint density at radius 2 is 1.62 bits per heavy atom. The molecule has 5 N–H and O–H groups in total. The monoisotopic (exact) mass is 426 g/mol. The molecule has 2 fully saturated rings. The van der Waals surface area contributed by atoms with Crippen molar-refractivity contribution in [1.29, 1.82) is 0 Å². The molecule has 9 atom stereocenters. The summed E-state index contributed by atoms with van der Waals surface area (Å²) in [6, 6.07) is 0. The lowest BCUT2D eigenvalue weighted by Crippen LogP contribution is -2.62.